The quantitative estimate of drug-likeness (QED) is 0.526. The number of nitrogens with one attached hydrogen (secondary N) is 1. The van der Waals surface area contributed by atoms with Crippen LogP contribution in [0.1, 0.15) is 18.9 Å². The molecule has 0 fully saturated rings. The second kappa shape index (κ2) is 9.50. The van der Waals surface area contributed by atoms with Gasteiger partial charge in [-0.25, -0.2) is 9.07 Å². The summed E-state index contributed by atoms with van der Waals surface area (Å²) in [6.07, 6.45) is 2.29. The number of para-hydroxylation sites is 1. The number of carbonyl (C=O) groups is 1. The van der Waals surface area contributed by atoms with Crippen molar-refractivity contribution in [1.82, 2.24) is 15.1 Å². The summed E-state index contributed by atoms with van der Waals surface area (Å²) in [7, 11) is 0. The zero-order valence-corrected chi connectivity index (χ0v) is 17.0. The molecule has 3 aromatic rings. The zero-order chi connectivity index (χ0) is 19.9. The normalized spacial score (nSPS) is 11.8. The Morgan fingerprint density at radius 1 is 1.21 bits per heavy atom. The number of nitrogens with zero attached hydrogens (tertiary/aromatic N) is 2. The Morgan fingerprint density at radius 3 is 2.68 bits per heavy atom. The molecule has 0 spiro atoms. The maximum absolute atomic E-state index is 13.6. The van der Waals surface area contributed by atoms with Gasteiger partial charge in [-0.2, -0.15) is 0 Å². The van der Waals surface area contributed by atoms with Gasteiger partial charge in [0, 0.05) is 12.7 Å². The number of amides is 1. The molecule has 0 bridgehead atoms. The predicted molar refractivity (Wildman–Crippen MR) is 109 cm³/mol. The van der Waals surface area contributed by atoms with E-state index in [0.717, 1.165) is 5.69 Å². The highest BCUT2D eigenvalue weighted by molar-refractivity contribution is 9.10. The highest BCUT2D eigenvalue weighted by Crippen LogP contribution is 2.25. The summed E-state index contributed by atoms with van der Waals surface area (Å²) in [5, 5.41) is 7.19. The van der Waals surface area contributed by atoms with Crippen molar-refractivity contribution < 1.29 is 13.9 Å². The Morgan fingerprint density at radius 2 is 1.93 bits per heavy atom. The maximum atomic E-state index is 13.6. The molecular weight excluding hydrogens is 425 g/mol. The van der Waals surface area contributed by atoms with Crippen LogP contribution in [0.15, 0.2) is 65.3 Å². The number of hydrogen-bond acceptors (Lipinski definition) is 3. The van der Waals surface area contributed by atoms with Crippen LogP contribution in [0.5, 0.6) is 5.88 Å². The SMILES string of the molecule is C[C@H](Oc1nn(-c2ccccc2)cc1Br)C(=O)NCCCc1ccccc1F. The molecule has 2 aromatic carbocycles. The Balaban J connectivity index is 1.49. The van der Waals surface area contributed by atoms with E-state index in [4.69, 9.17) is 4.74 Å². The molecule has 0 aliphatic rings. The first-order valence-corrected chi connectivity index (χ1v) is 9.82. The second-order valence-corrected chi connectivity index (χ2v) is 7.16. The molecule has 1 amide bonds. The van der Waals surface area contributed by atoms with Crippen molar-refractivity contribution in [3.8, 4) is 11.6 Å². The van der Waals surface area contributed by atoms with Crippen molar-refractivity contribution in [3.63, 3.8) is 0 Å². The number of aryl methyl sites for hydroxylation is 1. The second-order valence-electron chi connectivity index (χ2n) is 6.31. The average molecular weight is 446 g/mol. The third kappa shape index (κ3) is 5.19. The van der Waals surface area contributed by atoms with Crippen LogP contribution in [0.3, 0.4) is 0 Å². The van der Waals surface area contributed by atoms with Gasteiger partial charge in [-0.05, 0) is 59.5 Å². The number of benzene rings is 2. The summed E-state index contributed by atoms with van der Waals surface area (Å²) in [6.45, 7) is 2.11. The Labute approximate surface area is 171 Å². The highest BCUT2D eigenvalue weighted by Gasteiger charge is 2.18. The van der Waals surface area contributed by atoms with Crippen LogP contribution in [0, 0.1) is 5.82 Å². The molecule has 0 aliphatic heterocycles. The molecule has 146 valence electrons. The van der Waals surface area contributed by atoms with Gasteiger partial charge in [-0.3, -0.25) is 4.79 Å². The van der Waals surface area contributed by atoms with Crippen LogP contribution in [-0.4, -0.2) is 28.3 Å². The summed E-state index contributed by atoms with van der Waals surface area (Å²) in [5.41, 5.74) is 1.54. The standard InChI is InChI=1S/C21H21BrFN3O2/c1-15(20(27)24-13-7-9-16-8-5-6-12-19(16)23)28-21-18(22)14-26(25-21)17-10-3-2-4-11-17/h2-6,8,10-12,14-15H,7,9,13H2,1H3,(H,24,27)/t15-/m0/s1. The van der Waals surface area contributed by atoms with Crippen molar-refractivity contribution in [2.45, 2.75) is 25.9 Å². The lowest BCUT2D eigenvalue weighted by Crippen LogP contribution is -2.37. The van der Waals surface area contributed by atoms with Gasteiger partial charge in [-0.15, -0.1) is 5.10 Å². The van der Waals surface area contributed by atoms with E-state index in [2.05, 4.69) is 26.3 Å². The molecular formula is C21H21BrFN3O2. The van der Waals surface area contributed by atoms with Gasteiger partial charge in [0.1, 0.15) is 5.82 Å². The maximum Gasteiger partial charge on any atom is 0.260 e. The van der Waals surface area contributed by atoms with Crippen LogP contribution in [-0.2, 0) is 11.2 Å². The molecule has 7 heteroatoms. The number of carbonyl (C=O) groups excluding carboxylic acids is 1. The van der Waals surface area contributed by atoms with Crippen LogP contribution >= 0.6 is 15.9 Å². The first-order valence-electron chi connectivity index (χ1n) is 9.03. The zero-order valence-electron chi connectivity index (χ0n) is 15.4. The largest absolute Gasteiger partial charge is 0.463 e. The Hall–Kier alpha value is -2.67. The fourth-order valence-electron chi connectivity index (χ4n) is 2.69. The number of rotatable bonds is 8. The molecule has 1 aromatic heterocycles. The number of ether oxygens (including phenoxy) is 1. The molecule has 3 rings (SSSR count). The van der Waals surface area contributed by atoms with Crippen LogP contribution < -0.4 is 10.1 Å². The van der Waals surface area contributed by atoms with E-state index < -0.39 is 6.10 Å². The predicted octanol–water partition coefficient (Wildman–Crippen LogP) is 4.29. The van der Waals surface area contributed by atoms with Gasteiger partial charge in [0.25, 0.3) is 5.91 Å². The van der Waals surface area contributed by atoms with E-state index in [-0.39, 0.29) is 11.7 Å². The van der Waals surface area contributed by atoms with E-state index in [1.54, 1.807) is 36.0 Å². The van der Waals surface area contributed by atoms with Gasteiger partial charge in [-0.1, -0.05) is 36.4 Å². The van der Waals surface area contributed by atoms with E-state index in [0.29, 0.717) is 35.3 Å². The highest BCUT2D eigenvalue weighted by atomic mass is 79.9. The lowest BCUT2D eigenvalue weighted by Gasteiger charge is -2.13. The van der Waals surface area contributed by atoms with E-state index in [1.807, 2.05) is 30.3 Å². The first kappa shape index (κ1) is 20.1. The minimum atomic E-state index is -0.705. The summed E-state index contributed by atoms with van der Waals surface area (Å²) in [4.78, 5) is 12.3. The number of hydrogen-bond donors (Lipinski definition) is 1. The van der Waals surface area contributed by atoms with Crippen molar-refractivity contribution in [2.24, 2.45) is 0 Å². The van der Waals surface area contributed by atoms with Crippen LogP contribution in [0.25, 0.3) is 5.69 Å². The van der Waals surface area contributed by atoms with Crippen molar-refractivity contribution in [1.29, 1.82) is 0 Å². The van der Waals surface area contributed by atoms with E-state index in [9.17, 15) is 9.18 Å². The third-order valence-corrected chi connectivity index (χ3v) is 4.74. The average Bonchev–Trinajstić information content (AvgIpc) is 3.07. The van der Waals surface area contributed by atoms with E-state index >= 15 is 0 Å². The molecule has 0 radical (unpaired) electrons. The summed E-state index contributed by atoms with van der Waals surface area (Å²) >= 11 is 3.41. The van der Waals surface area contributed by atoms with Gasteiger partial charge < -0.3 is 10.1 Å². The fourth-order valence-corrected chi connectivity index (χ4v) is 3.05. The molecule has 5 nitrogen and oxygen atoms in total. The monoisotopic (exact) mass is 445 g/mol. The molecule has 0 unspecified atom stereocenters. The minimum absolute atomic E-state index is 0.218. The number of aromatic nitrogens is 2. The Kier molecular flexibility index (Phi) is 6.81. The molecule has 0 aliphatic carbocycles. The lowest BCUT2D eigenvalue weighted by atomic mass is 10.1. The smallest absolute Gasteiger partial charge is 0.260 e. The summed E-state index contributed by atoms with van der Waals surface area (Å²) < 4.78 is 21.6. The topological polar surface area (TPSA) is 56.2 Å². The molecule has 1 N–H and O–H groups in total. The van der Waals surface area contributed by atoms with Crippen LogP contribution in [0.4, 0.5) is 4.39 Å². The number of halogens is 2. The fraction of sp³-hybridized carbons (Fsp3) is 0.238. The first-order chi connectivity index (χ1) is 13.5. The molecule has 0 saturated heterocycles. The summed E-state index contributed by atoms with van der Waals surface area (Å²) in [5.74, 6) is -0.114. The van der Waals surface area contributed by atoms with Crippen molar-refractivity contribution >= 4 is 21.8 Å². The lowest BCUT2D eigenvalue weighted by molar-refractivity contribution is -0.127. The molecule has 0 saturated carbocycles. The summed E-state index contributed by atoms with van der Waals surface area (Å²) in [6, 6.07) is 16.3. The third-order valence-electron chi connectivity index (χ3n) is 4.20. The van der Waals surface area contributed by atoms with Gasteiger partial charge in [0.15, 0.2) is 6.10 Å². The van der Waals surface area contributed by atoms with Crippen LogP contribution in [0.2, 0.25) is 0 Å². The van der Waals surface area contributed by atoms with Gasteiger partial charge in [0.05, 0.1) is 10.2 Å². The van der Waals surface area contributed by atoms with Gasteiger partial charge >= 0.3 is 0 Å². The Bertz CT molecular complexity index is 930. The van der Waals surface area contributed by atoms with Crippen molar-refractivity contribution in [3.05, 3.63) is 76.6 Å². The molecule has 28 heavy (non-hydrogen) atoms. The molecule has 1 atom stereocenters. The van der Waals surface area contributed by atoms with Crippen molar-refractivity contribution in [2.75, 3.05) is 6.54 Å². The minimum Gasteiger partial charge on any atom is -0.463 e. The van der Waals surface area contributed by atoms with Gasteiger partial charge in [0.2, 0.25) is 5.88 Å². The van der Waals surface area contributed by atoms with E-state index in [1.165, 1.54) is 6.07 Å². The molecule has 1 heterocycles.